The first-order chi connectivity index (χ1) is 15.2. The van der Waals surface area contributed by atoms with E-state index in [1.165, 1.54) is 30.0 Å². The highest BCUT2D eigenvalue weighted by molar-refractivity contribution is 8.00. The average molecular weight is 479 g/mol. The number of hydrogen-bond donors (Lipinski definition) is 2. The first-order valence-electron chi connectivity index (χ1n) is 9.44. The van der Waals surface area contributed by atoms with Gasteiger partial charge in [0.15, 0.2) is 0 Å². The van der Waals surface area contributed by atoms with Gasteiger partial charge in [-0.15, -0.1) is 11.8 Å². The summed E-state index contributed by atoms with van der Waals surface area (Å²) in [5.41, 5.74) is 0.260. The summed E-state index contributed by atoms with van der Waals surface area (Å²) in [6.07, 6.45) is -4.35. The second-order valence-electron chi connectivity index (χ2n) is 6.76. The molecule has 0 bridgehead atoms. The third-order valence-corrected chi connectivity index (χ3v) is 5.56. The van der Waals surface area contributed by atoms with E-state index in [0.717, 1.165) is 16.5 Å². The first-order valence-corrected chi connectivity index (χ1v) is 10.8. The molecular weight excluding hydrogens is 461 g/mol. The fourth-order valence-corrected chi connectivity index (χ4v) is 3.63. The summed E-state index contributed by atoms with van der Waals surface area (Å²) < 4.78 is 39.1. The van der Waals surface area contributed by atoms with Gasteiger partial charge in [-0.2, -0.15) is 13.2 Å². The molecule has 32 heavy (non-hydrogen) atoms. The van der Waals surface area contributed by atoms with Crippen LogP contribution in [-0.2, 0) is 22.2 Å². The molecule has 4 nitrogen and oxygen atoms in total. The summed E-state index contributed by atoms with van der Waals surface area (Å²) in [6.45, 7) is 0. The molecule has 3 rings (SSSR count). The molecule has 0 atom stereocenters. The predicted molar refractivity (Wildman–Crippen MR) is 121 cm³/mol. The number of halogens is 4. The Morgan fingerprint density at radius 1 is 0.844 bits per heavy atom. The number of rotatable bonds is 7. The Balaban J connectivity index is 1.50. The van der Waals surface area contributed by atoms with E-state index in [9.17, 15) is 22.8 Å². The Morgan fingerprint density at radius 3 is 2.16 bits per heavy atom. The molecule has 0 unspecified atom stereocenters. The number of carbonyl (C=O) groups is 2. The van der Waals surface area contributed by atoms with E-state index in [-0.39, 0.29) is 23.8 Å². The van der Waals surface area contributed by atoms with Gasteiger partial charge < -0.3 is 10.6 Å². The maximum Gasteiger partial charge on any atom is 0.418 e. The highest BCUT2D eigenvalue weighted by Gasteiger charge is 2.33. The molecule has 0 saturated carbocycles. The molecule has 0 spiro atoms. The van der Waals surface area contributed by atoms with Crippen LogP contribution < -0.4 is 10.6 Å². The van der Waals surface area contributed by atoms with Crippen molar-refractivity contribution < 1.29 is 22.8 Å². The van der Waals surface area contributed by atoms with Crippen molar-refractivity contribution in [2.45, 2.75) is 17.5 Å². The Bertz CT molecular complexity index is 1090. The lowest BCUT2D eigenvalue weighted by atomic mass is 10.1. The van der Waals surface area contributed by atoms with Gasteiger partial charge in [0.05, 0.1) is 23.4 Å². The maximum absolute atomic E-state index is 13.0. The summed E-state index contributed by atoms with van der Waals surface area (Å²) in [5, 5.41) is 5.69. The molecular formula is C23H18ClF3N2O2S. The van der Waals surface area contributed by atoms with Crippen molar-refractivity contribution in [3.8, 4) is 0 Å². The normalized spacial score (nSPS) is 11.1. The van der Waals surface area contributed by atoms with Crippen LogP contribution in [0.3, 0.4) is 0 Å². The molecule has 0 radical (unpaired) electrons. The molecule has 166 valence electrons. The Kier molecular flexibility index (Phi) is 7.82. The van der Waals surface area contributed by atoms with Crippen molar-refractivity contribution in [1.29, 1.82) is 0 Å². The molecule has 9 heteroatoms. The molecule has 2 amide bonds. The maximum atomic E-state index is 13.0. The minimum absolute atomic E-state index is 0.0610. The number of thioether (sulfide) groups is 1. The largest absolute Gasteiger partial charge is 0.418 e. The average Bonchev–Trinajstić information content (AvgIpc) is 2.74. The van der Waals surface area contributed by atoms with Crippen LogP contribution in [0.1, 0.15) is 11.1 Å². The molecule has 0 aromatic heterocycles. The quantitative estimate of drug-likeness (QED) is 0.393. The smallest absolute Gasteiger partial charge is 0.326 e. The zero-order valence-corrected chi connectivity index (χ0v) is 18.2. The van der Waals surface area contributed by atoms with Gasteiger partial charge in [0, 0.05) is 15.6 Å². The predicted octanol–water partition coefficient (Wildman–Crippen LogP) is 6.27. The van der Waals surface area contributed by atoms with Gasteiger partial charge in [-0.1, -0.05) is 35.9 Å². The fraction of sp³-hybridized carbons (Fsp3) is 0.130. The van der Waals surface area contributed by atoms with Crippen molar-refractivity contribution in [3.05, 3.63) is 88.9 Å². The van der Waals surface area contributed by atoms with Gasteiger partial charge >= 0.3 is 6.18 Å². The van der Waals surface area contributed by atoms with Crippen molar-refractivity contribution in [3.63, 3.8) is 0 Å². The SMILES string of the molecule is O=C(Cc1ccc(Cl)cc1)Nc1ccc(SCC(=O)Nc2ccccc2C(F)(F)F)cc1. The van der Waals surface area contributed by atoms with Gasteiger partial charge in [-0.25, -0.2) is 0 Å². The van der Waals surface area contributed by atoms with Crippen LogP contribution >= 0.6 is 23.4 Å². The van der Waals surface area contributed by atoms with Crippen LogP contribution in [0.5, 0.6) is 0 Å². The van der Waals surface area contributed by atoms with Crippen molar-refractivity contribution in [2.24, 2.45) is 0 Å². The standard InChI is InChI=1S/C23H18ClF3N2O2S/c24-16-7-5-15(6-8-16)13-21(30)28-17-9-11-18(12-10-17)32-14-22(31)29-20-4-2-1-3-19(20)23(25,26)27/h1-12H,13-14H2,(H,28,30)(H,29,31). The Morgan fingerprint density at radius 2 is 1.50 bits per heavy atom. The Labute approximate surface area is 192 Å². The number of benzene rings is 3. The van der Waals surface area contributed by atoms with Crippen LogP contribution in [0.15, 0.2) is 77.7 Å². The van der Waals surface area contributed by atoms with E-state index in [0.29, 0.717) is 10.7 Å². The molecule has 0 saturated heterocycles. The number of carbonyl (C=O) groups excluding carboxylic acids is 2. The van der Waals surface area contributed by atoms with Crippen LogP contribution in [0.4, 0.5) is 24.5 Å². The summed E-state index contributed by atoms with van der Waals surface area (Å²) >= 11 is 7.00. The minimum Gasteiger partial charge on any atom is -0.326 e. The van der Waals surface area contributed by atoms with Gasteiger partial charge in [0.2, 0.25) is 11.8 Å². The zero-order chi connectivity index (χ0) is 23.1. The second-order valence-corrected chi connectivity index (χ2v) is 8.24. The topological polar surface area (TPSA) is 58.2 Å². The van der Waals surface area contributed by atoms with E-state index in [1.807, 2.05) is 0 Å². The van der Waals surface area contributed by atoms with E-state index in [4.69, 9.17) is 11.6 Å². The van der Waals surface area contributed by atoms with Crippen LogP contribution in [0.25, 0.3) is 0 Å². The van der Waals surface area contributed by atoms with E-state index >= 15 is 0 Å². The lowest BCUT2D eigenvalue weighted by Gasteiger charge is -2.13. The summed E-state index contributed by atoms with van der Waals surface area (Å²) in [7, 11) is 0. The number of anilines is 2. The van der Waals surface area contributed by atoms with Gasteiger partial charge in [0.25, 0.3) is 0 Å². The fourth-order valence-electron chi connectivity index (χ4n) is 2.80. The summed E-state index contributed by atoms with van der Waals surface area (Å²) in [4.78, 5) is 25.0. The molecule has 0 aliphatic carbocycles. The summed E-state index contributed by atoms with van der Waals surface area (Å²) in [6, 6.07) is 18.6. The van der Waals surface area contributed by atoms with Gasteiger partial charge in [0.1, 0.15) is 0 Å². The number of hydrogen-bond acceptors (Lipinski definition) is 3. The van der Waals surface area contributed by atoms with Crippen molar-refractivity contribution in [2.75, 3.05) is 16.4 Å². The first kappa shape index (κ1) is 23.7. The number of amides is 2. The van der Waals surface area contributed by atoms with Crippen LogP contribution in [-0.4, -0.2) is 17.6 Å². The summed E-state index contributed by atoms with van der Waals surface area (Å²) in [5.74, 6) is -0.795. The highest BCUT2D eigenvalue weighted by Crippen LogP contribution is 2.34. The lowest BCUT2D eigenvalue weighted by Crippen LogP contribution is -2.18. The molecule has 0 heterocycles. The zero-order valence-electron chi connectivity index (χ0n) is 16.6. The van der Waals surface area contributed by atoms with Gasteiger partial charge in [-0.3, -0.25) is 9.59 Å². The highest BCUT2D eigenvalue weighted by atomic mass is 35.5. The third kappa shape index (κ3) is 7.03. The molecule has 0 aliphatic rings. The van der Waals surface area contributed by atoms with Crippen LogP contribution in [0, 0.1) is 0 Å². The Hall–Kier alpha value is -2.97. The third-order valence-electron chi connectivity index (χ3n) is 4.29. The van der Waals surface area contributed by atoms with Crippen LogP contribution in [0.2, 0.25) is 5.02 Å². The van der Waals surface area contributed by atoms with E-state index in [1.54, 1.807) is 48.5 Å². The molecule has 3 aromatic carbocycles. The lowest BCUT2D eigenvalue weighted by molar-refractivity contribution is -0.137. The number of alkyl halides is 3. The molecule has 3 aromatic rings. The monoisotopic (exact) mass is 478 g/mol. The second kappa shape index (κ2) is 10.6. The van der Waals surface area contributed by atoms with Crippen molar-refractivity contribution in [1.82, 2.24) is 0 Å². The minimum atomic E-state index is -4.55. The van der Waals surface area contributed by atoms with E-state index < -0.39 is 17.6 Å². The number of nitrogens with one attached hydrogen (secondary N) is 2. The molecule has 2 N–H and O–H groups in total. The molecule has 0 aliphatic heterocycles. The van der Waals surface area contributed by atoms with Gasteiger partial charge in [-0.05, 0) is 54.1 Å². The van der Waals surface area contributed by atoms with E-state index in [2.05, 4.69) is 10.6 Å². The number of para-hydroxylation sites is 1. The van der Waals surface area contributed by atoms with Crippen molar-refractivity contribution >= 4 is 46.6 Å². The molecule has 0 fully saturated rings.